The fourth-order valence-corrected chi connectivity index (χ4v) is 3.31. The first-order valence-electron chi connectivity index (χ1n) is 9.55. The number of nitrogens with zero attached hydrogens (tertiary/aromatic N) is 1. The van der Waals surface area contributed by atoms with Gasteiger partial charge in [-0.25, -0.2) is 4.79 Å². The molecule has 2 aliphatic rings. The summed E-state index contributed by atoms with van der Waals surface area (Å²) in [6.45, 7) is 8.52. The van der Waals surface area contributed by atoms with Crippen molar-refractivity contribution in [3.05, 3.63) is 23.8 Å². The Morgan fingerprint density at radius 1 is 1.19 bits per heavy atom. The van der Waals surface area contributed by atoms with Crippen molar-refractivity contribution in [2.75, 3.05) is 26.3 Å². The second kappa shape index (κ2) is 8.06. The van der Waals surface area contributed by atoms with Crippen molar-refractivity contribution in [3.8, 4) is 11.5 Å². The molecule has 3 rings (SSSR count). The number of likely N-dealkylation sites (tertiary alicyclic amines) is 1. The predicted molar refractivity (Wildman–Crippen MR) is 102 cm³/mol. The maximum Gasteiger partial charge on any atom is 0.317 e. The average molecular weight is 375 g/mol. The van der Waals surface area contributed by atoms with E-state index in [0.29, 0.717) is 32.8 Å². The van der Waals surface area contributed by atoms with Gasteiger partial charge in [0.15, 0.2) is 11.5 Å². The minimum Gasteiger partial charge on any atom is -0.486 e. The molecule has 0 aromatic heterocycles. The van der Waals surface area contributed by atoms with E-state index in [-0.39, 0.29) is 23.4 Å². The number of hydrogen-bond acceptors (Lipinski definition) is 4. The maximum absolute atomic E-state index is 12.6. The zero-order valence-electron chi connectivity index (χ0n) is 16.3. The Bertz CT molecular complexity index is 699. The lowest BCUT2D eigenvalue weighted by molar-refractivity contribution is -0.126. The van der Waals surface area contributed by atoms with Gasteiger partial charge < -0.3 is 25.0 Å². The fourth-order valence-electron chi connectivity index (χ4n) is 3.31. The van der Waals surface area contributed by atoms with E-state index in [1.165, 1.54) is 0 Å². The van der Waals surface area contributed by atoms with Gasteiger partial charge >= 0.3 is 6.03 Å². The van der Waals surface area contributed by atoms with E-state index in [1.807, 2.05) is 39.0 Å². The molecular formula is C20H29N3O4. The Morgan fingerprint density at radius 2 is 1.93 bits per heavy atom. The summed E-state index contributed by atoms with van der Waals surface area (Å²) in [7, 11) is 0. The molecule has 1 aromatic rings. The van der Waals surface area contributed by atoms with Gasteiger partial charge in [-0.3, -0.25) is 4.79 Å². The molecule has 0 radical (unpaired) electrons. The van der Waals surface area contributed by atoms with Gasteiger partial charge in [0.25, 0.3) is 0 Å². The van der Waals surface area contributed by atoms with Crippen LogP contribution in [0.15, 0.2) is 18.2 Å². The molecule has 1 unspecified atom stereocenters. The van der Waals surface area contributed by atoms with Gasteiger partial charge in [-0.2, -0.15) is 0 Å². The molecule has 27 heavy (non-hydrogen) atoms. The Hall–Kier alpha value is -2.44. The van der Waals surface area contributed by atoms with Gasteiger partial charge in [0.1, 0.15) is 13.2 Å². The molecule has 1 fully saturated rings. The van der Waals surface area contributed by atoms with E-state index in [4.69, 9.17) is 9.47 Å². The van der Waals surface area contributed by atoms with E-state index >= 15 is 0 Å². The van der Waals surface area contributed by atoms with E-state index in [0.717, 1.165) is 29.9 Å². The summed E-state index contributed by atoms with van der Waals surface area (Å²) >= 11 is 0. The van der Waals surface area contributed by atoms with Crippen molar-refractivity contribution in [2.45, 2.75) is 45.7 Å². The van der Waals surface area contributed by atoms with Crippen LogP contribution in [0.3, 0.4) is 0 Å². The molecule has 1 aromatic carbocycles. The molecule has 2 heterocycles. The molecule has 148 valence electrons. The minimum atomic E-state index is -0.287. The first-order valence-corrected chi connectivity index (χ1v) is 9.55. The smallest absolute Gasteiger partial charge is 0.317 e. The predicted octanol–water partition coefficient (Wildman–Crippen LogP) is 2.29. The van der Waals surface area contributed by atoms with Crippen molar-refractivity contribution < 1.29 is 19.1 Å². The summed E-state index contributed by atoms with van der Waals surface area (Å²) in [4.78, 5) is 26.7. The molecule has 2 aliphatic heterocycles. The van der Waals surface area contributed by atoms with Crippen molar-refractivity contribution in [1.29, 1.82) is 0 Å². The summed E-state index contributed by atoms with van der Waals surface area (Å²) in [5, 5.41) is 5.95. The number of rotatable bonds is 3. The van der Waals surface area contributed by atoms with Gasteiger partial charge in [-0.1, -0.05) is 6.07 Å². The number of hydrogen-bond donors (Lipinski definition) is 2. The van der Waals surface area contributed by atoms with Crippen LogP contribution < -0.4 is 20.1 Å². The summed E-state index contributed by atoms with van der Waals surface area (Å²) in [5.41, 5.74) is 0.676. The number of fused-ring (bicyclic) bond motifs is 1. The molecule has 0 saturated carbocycles. The molecular weight excluding hydrogens is 346 g/mol. The number of nitrogens with one attached hydrogen (secondary N) is 2. The van der Waals surface area contributed by atoms with Gasteiger partial charge in [0.05, 0.1) is 5.92 Å². The molecule has 7 nitrogen and oxygen atoms in total. The van der Waals surface area contributed by atoms with E-state index in [1.54, 1.807) is 4.90 Å². The minimum absolute atomic E-state index is 0.0156. The zero-order valence-corrected chi connectivity index (χ0v) is 16.3. The normalized spacial score (nSPS) is 19.4. The Morgan fingerprint density at radius 3 is 2.67 bits per heavy atom. The second-order valence-electron chi connectivity index (χ2n) is 8.16. The van der Waals surface area contributed by atoms with Gasteiger partial charge in [-0.05, 0) is 51.3 Å². The largest absolute Gasteiger partial charge is 0.486 e. The molecule has 3 amide bonds. The average Bonchev–Trinajstić information content (AvgIpc) is 2.64. The standard InChI is InChI=1S/C20H29N3O4/c1-20(2,3)22-19(25)23-8-4-5-15(13-23)18(24)21-12-14-6-7-16-17(11-14)27-10-9-26-16/h6-7,11,15H,4-5,8-10,12-13H2,1-3H3,(H,21,24)(H,22,25). The molecule has 1 atom stereocenters. The van der Waals surface area contributed by atoms with Crippen molar-refractivity contribution in [2.24, 2.45) is 5.92 Å². The van der Waals surface area contributed by atoms with Crippen LogP contribution in [0.5, 0.6) is 11.5 Å². The van der Waals surface area contributed by atoms with Crippen LogP contribution in [0.2, 0.25) is 0 Å². The van der Waals surface area contributed by atoms with Crippen LogP contribution in [0.4, 0.5) is 4.79 Å². The monoisotopic (exact) mass is 375 g/mol. The van der Waals surface area contributed by atoms with Crippen LogP contribution in [0.25, 0.3) is 0 Å². The fraction of sp³-hybridized carbons (Fsp3) is 0.600. The number of piperidine rings is 1. The van der Waals surface area contributed by atoms with E-state index < -0.39 is 0 Å². The lowest BCUT2D eigenvalue weighted by Gasteiger charge is -2.34. The lowest BCUT2D eigenvalue weighted by Crippen LogP contribution is -2.53. The first kappa shape index (κ1) is 19.3. The van der Waals surface area contributed by atoms with Crippen LogP contribution in [-0.2, 0) is 11.3 Å². The zero-order chi connectivity index (χ0) is 19.4. The highest BCUT2D eigenvalue weighted by Crippen LogP contribution is 2.30. The number of carbonyl (C=O) groups is 2. The quantitative estimate of drug-likeness (QED) is 0.850. The van der Waals surface area contributed by atoms with Crippen molar-refractivity contribution in [1.82, 2.24) is 15.5 Å². The summed E-state index contributed by atoms with van der Waals surface area (Å²) in [6.07, 6.45) is 1.63. The number of amides is 3. The second-order valence-corrected chi connectivity index (χ2v) is 8.16. The first-order chi connectivity index (χ1) is 12.8. The topological polar surface area (TPSA) is 79.9 Å². The van der Waals surface area contributed by atoms with Crippen LogP contribution >= 0.6 is 0 Å². The number of carbonyl (C=O) groups excluding carboxylic acids is 2. The summed E-state index contributed by atoms with van der Waals surface area (Å²) < 4.78 is 11.1. The highest BCUT2D eigenvalue weighted by atomic mass is 16.6. The summed E-state index contributed by atoms with van der Waals surface area (Å²) in [6, 6.07) is 5.60. The number of ether oxygens (including phenoxy) is 2. The molecule has 0 aliphatic carbocycles. The van der Waals surface area contributed by atoms with E-state index in [2.05, 4.69) is 10.6 Å². The third kappa shape index (κ3) is 5.28. The molecule has 0 bridgehead atoms. The third-order valence-electron chi connectivity index (χ3n) is 4.63. The van der Waals surface area contributed by atoms with Crippen LogP contribution in [0.1, 0.15) is 39.2 Å². The van der Waals surface area contributed by atoms with Crippen LogP contribution in [-0.4, -0.2) is 48.7 Å². The Balaban J connectivity index is 1.52. The molecule has 2 N–H and O–H groups in total. The third-order valence-corrected chi connectivity index (χ3v) is 4.63. The lowest BCUT2D eigenvalue weighted by atomic mass is 9.97. The Labute approximate surface area is 160 Å². The van der Waals surface area contributed by atoms with E-state index in [9.17, 15) is 9.59 Å². The van der Waals surface area contributed by atoms with Crippen molar-refractivity contribution in [3.63, 3.8) is 0 Å². The Kier molecular flexibility index (Phi) is 5.77. The highest BCUT2D eigenvalue weighted by Gasteiger charge is 2.29. The molecule has 0 spiro atoms. The van der Waals surface area contributed by atoms with Gasteiger partial charge in [-0.15, -0.1) is 0 Å². The van der Waals surface area contributed by atoms with Crippen LogP contribution in [0, 0.1) is 5.92 Å². The molecule has 7 heteroatoms. The molecule has 1 saturated heterocycles. The highest BCUT2D eigenvalue weighted by molar-refractivity contribution is 5.81. The van der Waals surface area contributed by atoms with Gasteiger partial charge in [0, 0.05) is 25.2 Å². The van der Waals surface area contributed by atoms with Crippen molar-refractivity contribution >= 4 is 11.9 Å². The maximum atomic E-state index is 12.6. The SMILES string of the molecule is CC(C)(C)NC(=O)N1CCCC(C(=O)NCc2ccc3c(c2)OCCO3)C1. The number of benzene rings is 1. The number of urea groups is 1. The van der Waals surface area contributed by atoms with Gasteiger partial charge in [0.2, 0.25) is 5.91 Å². The summed E-state index contributed by atoms with van der Waals surface area (Å²) in [5.74, 6) is 1.26.